The third kappa shape index (κ3) is 5.13. The number of halogens is 2. The highest BCUT2D eigenvalue weighted by Gasteiger charge is 2.47. The molecule has 8 heteroatoms. The van der Waals surface area contributed by atoms with E-state index in [-0.39, 0.29) is 17.4 Å². The Morgan fingerprint density at radius 1 is 1.03 bits per heavy atom. The van der Waals surface area contributed by atoms with Crippen LogP contribution in [0.3, 0.4) is 0 Å². The standard InChI is InChI=1S/C27H26F2N2O3S/c28-20-9-7-19(8-10-20)26(21-4-1-2-5-22(21)29)34-27(33)30-23-16-31(13-11-18(23)12-14-31)17-24(32)25-6-3-15-35-25/h1-10,15,18,23,26H,11-14,16-17H2/p+1/t18?,23-,26?,31?/m0/s1. The monoisotopic (exact) mass is 497 g/mol. The van der Waals surface area contributed by atoms with E-state index in [4.69, 9.17) is 4.74 Å². The zero-order valence-electron chi connectivity index (χ0n) is 19.2. The molecule has 0 radical (unpaired) electrons. The second kappa shape index (κ2) is 9.87. The number of thiophene rings is 1. The number of ether oxygens (including phenoxy) is 1. The number of Topliss-reactive ketones (excluding diaryl/α,β-unsaturated/α-hetero) is 1. The minimum absolute atomic E-state index is 0.129. The summed E-state index contributed by atoms with van der Waals surface area (Å²) in [5.41, 5.74) is 0.679. The van der Waals surface area contributed by atoms with Gasteiger partial charge in [0.15, 0.2) is 6.10 Å². The zero-order chi connectivity index (χ0) is 24.4. The third-order valence-electron chi connectivity index (χ3n) is 7.27. The van der Waals surface area contributed by atoms with E-state index in [0.717, 1.165) is 30.8 Å². The summed E-state index contributed by atoms with van der Waals surface area (Å²) in [6.07, 6.45) is 0.194. The number of quaternary nitrogens is 1. The summed E-state index contributed by atoms with van der Waals surface area (Å²) in [5.74, 6) is -0.479. The van der Waals surface area contributed by atoms with E-state index < -0.39 is 23.8 Å². The summed E-state index contributed by atoms with van der Waals surface area (Å²) >= 11 is 1.45. The van der Waals surface area contributed by atoms with E-state index in [1.807, 2.05) is 17.5 Å². The molecule has 3 aliphatic heterocycles. The Morgan fingerprint density at radius 2 is 1.77 bits per heavy atom. The highest BCUT2D eigenvalue weighted by molar-refractivity contribution is 7.12. The Kier molecular flexibility index (Phi) is 6.67. The van der Waals surface area contributed by atoms with E-state index in [9.17, 15) is 18.4 Å². The fraction of sp³-hybridized carbons (Fsp3) is 0.333. The first-order valence-corrected chi connectivity index (χ1v) is 12.7. The molecule has 3 aliphatic rings. The first-order chi connectivity index (χ1) is 16.9. The minimum atomic E-state index is -1.01. The Hall–Kier alpha value is -3.10. The van der Waals surface area contributed by atoms with Gasteiger partial charge in [-0.25, -0.2) is 13.6 Å². The molecule has 0 spiro atoms. The van der Waals surface area contributed by atoms with Crippen LogP contribution in [0.1, 0.15) is 39.7 Å². The molecule has 2 bridgehead atoms. The van der Waals surface area contributed by atoms with Gasteiger partial charge in [0.1, 0.15) is 18.2 Å². The molecule has 35 heavy (non-hydrogen) atoms. The number of nitrogens with zero attached hydrogens (tertiary/aromatic N) is 1. The van der Waals surface area contributed by atoms with Gasteiger partial charge in [0.05, 0.1) is 30.6 Å². The third-order valence-corrected chi connectivity index (χ3v) is 8.18. The van der Waals surface area contributed by atoms with Crippen molar-refractivity contribution in [3.05, 3.63) is 93.7 Å². The smallest absolute Gasteiger partial charge is 0.408 e. The molecule has 1 aromatic heterocycles. The molecule has 4 heterocycles. The summed E-state index contributed by atoms with van der Waals surface area (Å²) in [4.78, 5) is 26.6. The molecule has 2 atom stereocenters. The lowest BCUT2D eigenvalue weighted by atomic mass is 9.81. The molecule has 1 unspecified atom stereocenters. The van der Waals surface area contributed by atoms with Crippen molar-refractivity contribution in [3.8, 4) is 0 Å². The molecule has 1 amide bonds. The number of piperidine rings is 3. The molecule has 0 aliphatic carbocycles. The van der Waals surface area contributed by atoms with E-state index >= 15 is 0 Å². The van der Waals surface area contributed by atoms with Crippen molar-refractivity contribution in [1.82, 2.24) is 5.32 Å². The van der Waals surface area contributed by atoms with Gasteiger partial charge in [-0.3, -0.25) is 4.79 Å². The van der Waals surface area contributed by atoms with Gasteiger partial charge in [0, 0.05) is 18.4 Å². The molecular weight excluding hydrogens is 470 g/mol. The molecule has 3 saturated heterocycles. The second-order valence-corrected chi connectivity index (χ2v) is 10.4. The average Bonchev–Trinajstić information content (AvgIpc) is 3.40. The highest BCUT2D eigenvalue weighted by atomic mass is 32.1. The predicted octanol–water partition coefficient (Wildman–Crippen LogP) is 5.33. The summed E-state index contributed by atoms with van der Waals surface area (Å²) in [7, 11) is 0. The van der Waals surface area contributed by atoms with Crippen LogP contribution in [0.25, 0.3) is 0 Å². The Labute approximate surface area is 206 Å². The van der Waals surface area contributed by atoms with Crippen LogP contribution < -0.4 is 5.32 Å². The number of carbonyl (C=O) groups is 2. The number of nitrogens with one attached hydrogen (secondary N) is 1. The molecule has 6 rings (SSSR count). The maximum atomic E-state index is 14.6. The first-order valence-electron chi connectivity index (χ1n) is 11.8. The quantitative estimate of drug-likeness (QED) is 0.355. The number of hydrogen-bond donors (Lipinski definition) is 1. The molecule has 1 N–H and O–H groups in total. The van der Waals surface area contributed by atoms with Crippen LogP contribution in [0.5, 0.6) is 0 Å². The van der Waals surface area contributed by atoms with Gasteiger partial charge in [-0.1, -0.05) is 36.4 Å². The van der Waals surface area contributed by atoms with Gasteiger partial charge in [0.2, 0.25) is 5.78 Å². The molecule has 182 valence electrons. The Balaban J connectivity index is 1.30. The van der Waals surface area contributed by atoms with Crippen LogP contribution in [0, 0.1) is 17.6 Å². The van der Waals surface area contributed by atoms with E-state index in [1.165, 1.54) is 41.7 Å². The fourth-order valence-electron chi connectivity index (χ4n) is 5.42. The maximum Gasteiger partial charge on any atom is 0.408 e. The lowest BCUT2D eigenvalue weighted by Crippen LogP contribution is -2.68. The van der Waals surface area contributed by atoms with E-state index in [0.29, 0.717) is 29.1 Å². The molecule has 2 aromatic carbocycles. The van der Waals surface area contributed by atoms with Gasteiger partial charge in [-0.05, 0) is 41.1 Å². The van der Waals surface area contributed by atoms with Gasteiger partial charge in [-0.15, -0.1) is 11.3 Å². The first kappa shape index (κ1) is 23.6. The Morgan fingerprint density at radius 3 is 2.46 bits per heavy atom. The second-order valence-electron chi connectivity index (χ2n) is 9.48. The highest BCUT2D eigenvalue weighted by Crippen LogP contribution is 2.35. The number of rotatable bonds is 7. The molecule has 0 saturated carbocycles. The van der Waals surface area contributed by atoms with E-state index in [1.54, 1.807) is 18.2 Å². The van der Waals surface area contributed by atoms with Crippen LogP contribution in [-0.4, -0.2) is 48.6 Å². The predicted molar refractivity (Wildman–Crippen MR) is 129 cm³/mol. The van der Waals surface area contributed by atoms with E-state index in [2.05, 4.69) is 5.32 Å². The van der Waals surface area contributed by atoms with Gasteiger partial charge in [0.25, 0.3) is 0 Å². The van der Waals surface area contributed by atoms with Crippen LogP contribution >= 0.6 is 11.3 Å². The maximum absolute atomic E-state index is 14.6. The SMILES string of the molecule is O=C(N[C@H]1C[N+]2(CC(=O)c3cccs3)CCC1CC2)OC(c1ccc(F)cc1)c1ccccc1F. The molecule has 3 fully saturated rings. The number of ketones is 1. The molecular formula is C27H27F2N2O3S+. The van der Waals surface area contributed by atoms with Crippen molar-refractivity contribution in [1.29, 1.82) is 0 Å². The van der Waals surface area contributed by atoms with Crippen molar-refractivity contribution in [2.24, 2.45) is 5.92 Å². The van der Waals surface area contributed by atoms with Gasteiger partial charge in [-0.2, -0.15) is 0 Å². The zero-order valence-corrected chi connectivity index (χ0v) is 20.0. The number of benzene rings is 2. The lowest BCUT2D eigenvalue weighted by Gasteiger charge is -2.52. The fourth-order valence-corrected chi connectivity index (χ4v) is 6.08. The van der Waals surface area contributed by atoms with Crippen molar-refractivity contribution in [2.45, 2.75) is 25.0 Å². The number of alkyl carbamates (subject to hydrolysis) is 1. The average molecular weight is 498 g/mol. The summed E-state index contributed by atoms with van der Waals surface area (Å²) < 4.78 is 34.5. The van der Waals surface area contributed by atoms with Crippen molar-refractivity contribution >= 4 is 23.2 Å². The van der Waals surface area contributed by atoms with Crippen molar-refractivity contribution in [3.63, 3.8) is 0 Å². The number of fused-ring (bicyclic) bond motifs is 3. The molecule has 5 nitrogen and oxygen atoms in total. The topological polar surface area (TPSA) is 55.4 Å². The van der Waals surface area contributed by atoms with Crippen LogP contribution in [0.2, 0.25) is 0 Å². The van der Waals surface area contributed by atoms with Gasteiger partial charge >= 0.3 is 6.09 Å². The van der Waals surface area contributed by atoms with Crippen molar-refractivity contribution < 1.29 is 27.6 Å². The summed E-state index contributed by atoms with van der Waals surface area (Å²) in [6, 6.07) is 15.2. The van der Waals surface area contributed by atoms with Gasteiger partial charge < -0.3 is 14.5 Å². The minimum Gasteiger partial charge on any atom is -0.436 e. The van der Waals surface area contributed by atoms with Crippen LogP contribution in [-0.2, 0) is 4.74 Å². The number of hydrogen-bond acceptors (Lipinski definition) is 4. The Bertz CT molecular complexity index is 1190. The summed E-state index contributed by atoms with van der Waals surface area (Å²) in [5, 5.41) is 4.91. The summed E-state index contributed by atoms with van der Waals surface area (Å²) in [6.45, 7) is 2.93. The van der Waals surface area contributed by atoms with Crippen molar-refractivity contribution in [2.75, 3.05) is 26.2 Å². The lowest BCUT2D eigenvalue weighted by molar-refractivity contribution is -0.936. The van der Waals surface area contributed by atoms with Crippen LogP contribution in [0.15, 0.2) is 66.0 Å². The largest absolute Gasteiger partial charge is 0.436 e. The van der Waals surface area contributed by atoms with Crippen LogP contribution in [0.4, 0.5) is 13.6 Å². The normalized spacial score (nSPS) is 24.1. The number of carbonyl (C=O) groups excluding carboxylic acids is 2. The molecule has 3 aromatic rings. The number of amides is 1.